The van der Waals surface area contributed by atoms with E-state index in [0.717, 1.165) is 27.2 Å². The van der Waals surface area contributed by atoms with E-state index in [1.54, 1.807) is 12.1 Å². The molecule has 1 heterocycles. The molecule has 1 aliphatic heterocycles. The summed E-state index contributed by atoms with van der Waals surface area (Å²) in [5, 5.41) is -4.45. The predicted molar refractivity (Wildman–Crippen MR) is 146 cm³/mol. The lowest BCUT2D eigenvalue weighted by Crippen LogP contribution is -2.42. The van der Waals surface area contributed by atoms with Gasteiger partial charge in [-0.2, -0.15) is 17.2 Å². The highest BCUT2D eigenvalue weighted by Gasteiger charge is 2.55. The van der Waals surface area contributed by atoms with Gasteiger partial charge in [-0.05, 0) is 102 Å². The van der Waals surface area contributed by atoms with Crippen molar-refractivity contribution < 1.29 is 36.0 Å². The maximum absolute atomic E-state index is 13.9. The number of ether oxygens (including phenoxy) is 3. The molecule has 0 radical (unpaired) electrons. The van der Waals surface area contributed by atoms with Gasteiger partial charge >= 0.3 is 15.4 Å². The van der Waals surface area contributed by atoms with Crippen LogP contribution in [0.3, 0.4) is 0 Å². The second kappa shape index (κ2) is 10.2. The Labute approximate surface area is 231 Å². The van der Waals surface area contributed by atoms with E-state index < -0.39 is 49.4 Å². The van der Waals surface area contributed by atoms with Gasteiger partial charge < -0.3 is 14.2 Å². The number of alkyl halides is 2. The molecule has 0 aromatic heterocycles. The fraction of sp³-hybridized carbons (Fsp3) is 0.379. The average Bonchev–Trinajstić information content (AvgIpc) is 3.03. The smallest absolute Gasteiger partial charge is 0.405 e. The molecule has 1 fully saturated rings. The Kier molecular flexibility index (Phi) is 7.68. The summed E-state index contributed by atoms with van der Waals surface area (Å²) in [4.78, 5) is 2.97. The Morgan fingerprint density at radius 1 is 0.795 bits per heavy atom. The van der Waals surface area contributed by atoms with Gasteiger partial charge in [-0.3, -0.25) is 4.55 Å². The SMILES string of the molecule is CC(Oc1ccc([S+](c2ccccc2)c2ccc(C3(C)OC(C)(C)C(C)(C)O3)cc2)cc1)C(F)(F)S(=O)(=O)O. The molecular weight excluding hydrogens is 546 g/mol. The minimum atomic E-state index is -5.62. The zero-order valence-corrected chi connectivity index (χ0v) is 24.3. The first kappa shape index (κ1) is 29.5. The van der Waals surface area contributed by atoms with Gasteiger partial charge in [0.2, 0.25) is 0 Å². The molecule has 3 aromatic rings. The summed E-state index contributed by atoms with van der Waals surface area (Å²) in [5.41, 5.74) is -0.0815. The molecule has 39 heavy (non-hydrogen) atoms. The second-order valence-electron chi connectivity index (χ2n) is 10.6. The first-order chi connectivity index (χ1) is 18.0. The highest BCUT2D eigenvalue weighted by molar-refractivity contribution is 7.97. The quantitative estimate of drug-likeness (QED) is 0.233. The van der Waals surface area contributed by atoms with Crippen molar-refractivity contribution in [2.24, 2.45) is 0 Å². The van der Waals surface area contributed by atoms with E-state index in [4.69, 9.17) is 18.8 Å². The van der Waals surface area contributed by atoms with Crippen LogP contribution in [0, 0.1) is 0 Å². The molecule has 4 rings (SSSR count). The van der Waals surface area contributed by atoms with Crippen LogP contribution in [0.1, 0.15) is 47.1 Å². The van der Waals surface area contributed by atoms with Crippen molar-refractivity contribution in [2.75, 3.05) is 0 Å². The van der Waals surface area contributed by atoms with Gasteiger partial charge in [0.1, 0.15) is 5.75 Å². The molecule has 0 bridgehead atoms. The summed E-state index contributed by atoms with van der Waals surface area (Å²) in [6.45, 7) is 10.8. The van der Waals surface area contributed by atoms with Crippen molar-refractivity contribution in [3.8, 4) is 5.75 Å². The van der Waals surface area contributed by atoms with Gasteiger partial charge in [0.25, 0.3) is 0 Å². The highest BCUT2D eigenvalue weighted by atomic mass is 32.2. The molecule has 6 nitrogen and oxygen atoms in total. The van der Waals surface area contributed by atoms with E-state index in [1.807, 2.05) is 89.2 Å². The predicted octanol–water partition coefficient (Wildman–Crippen LogP) is 6.81. The van der Waals surface area contributed by atoms with Gasteiger partial charge in [-0.1, -0.05) is 18.2 Å². The number of hydrogen-bond donors (Lipinski definition) is 1. The van der Waals surface area contributed by atoms with Crippen molar-refractivity contribution in [3.63, 3.8) is 0 Å². The molecule has 1 aliphatic rings. The number of hydrogen-bond acceptors (Lipinski definition) is 5. The van der Waals surface area contributed by atoms with Crippen LogP contribution in [0.2, 0.25) is 0 Å². The van der Waals surface area contributed by atoms with Crippen molar-refractivity contribution in [3.05, 3.63) is 84.4 Å². The van der Waals surface area contributed by atoms with Crippen LogP contribution >= 0.6 is 0 Å². The Bertz CT molecular complexity index is 1390. The molecule has 0 spiro atoms. The van der Waals surface area contributed by atoms with Gasteiger partial charge in [-0.25, -0.2) is 0 Å². The first-order valence-electron chi connectivity index (χ1n) is 12.4. The van der Waals surface area contributed by atoms with Gasteiger partial charge in [0, 0.05) is 5.56 Å². The van der Waals surface area contributed by atoms with Crippen molar-refractivity contribution >= 4 is 21.0 Å². The summed E-state index contributed by atoms with van der Waals surface area (Å²) < 4.78 is 76.7. The lowest BCUT2D eigenvalue weighted by atomic mass is 9.90. The number of rotatable bonds is 8. The van der Waals surface area contributed by atoms with Crippen LogP contribution in [0.5, 0.6) is 5.75 Å². The number of benzene rings is 3. The van der Waals surface area contributed by atoms with Crippen LogP contribution in [0.15, 0.2) is 93.5 Å². The summed E-state index contributed by atoms with van der Waals surface area (Å²) in [6, 6.07) is 24.4. The summed E-state index contributed by atoms with van der Waals surface area (Å²) in [5.74, 6) is -0.855. The summed E-state index contributed by atoms with van der Waals surface area (Å²) >= 11 is 0. The molecule has 10 heteroatoms. The maximum atomic E-state index is 13.9. The Hall–Kier alpha value is -2.50. The molecule has 1 N–H and O–H groups in total. The third kappa shape index (κ3) is 5.71. The van der Waals surface area contributed by atoms with Crippen LogP contribution < -0.4 is 4.74 Å². The highest BCUT2D eigenvalue weighted by Crippen LogP contribution is 2.48. The lowest BCUT2D eigenvalue weighted by molar-refractivity contribution is -0.186. The van der Waals surface area contributed by atoms with E-state index >= 15 is 0 Å². The number of halogens is 2. The minimum absolute atomic E-state index is 0.0511. The van der Waals surface area contributed by atoms with Crippen LogP contribution in [0.4, 0.5) is 8.78 Å². The Balaban J connectivity index is 1.63. The van der Waals surface area contributed by atoms with Crippen molar-refractivity contribution in [1.29, 1.82) is 0 Å². The van der Waals surface area contributed by atoms with Crippen LogP contribution in [-0.2, 0) is 36.3 Å². The fourth-order valence-corrected chi connectivity index (χ4v) is 6.88. The summed E-state index contributed by atoms with van der Waals surface area (Å²) in [6.07, 6.45) is -2.09. The second-order valence-corrected chi connectivity index (χ2v) is 14.1. The topological polar surface area (TPSA) is 82.1 Å². The Morgan fingerprint density at radius 2 is 1.23 bits per heavy atom. The first-order valence-corrected chi connectivity index (χ1v) is 15.1. The molecule has 2 unspecified atom stereocenters. The normalized spacial score (nSPS) is 19.8. The fourth-order valence-electron chi connectivity index (χ4n) is 4.35. The molecular formula is C29H33F2O6S2+. The Morgan fingerprint density at radius 3 is 1.69 bits per heavy atom. The van der Waals surface area contributed by atoms with Crippen molar-refractivity contribution in [2.45, 2.75) is 84.6 Å². The van der Waals surface area contributed by atoms with Crippen molar-refractivity contribution in [1.82, 2.24) is 0 Å². The zero-order valence-electron chi connectivity index (χ0n) is 22.6. The van der Waals surface area contributed by atoms with Crippen LogP contribution in [-0.4, -0.2) is 35.5 Å². The summed E-state index contributed by atoms with van der Waals surface area (Å²) in [7, 11) is -6.16. The van der Waals surface area contributed by atoms with Gasteiger partial charge in [0.05, 0.1) is 22.1 Å². The molecule has 2 atom stereocenters. The van der Waals surface area contributed by atoms with Gasteiger partial charge in [-0.15, -0.1) is 0 Å². The molecule has 210 valence electrons. The third-order valence-corrected chi connectivity index (χ3v) is 10.4. The third-order valence-electron chi connectivity index (χ3n) is 7.13. The molecule has 1 saturated heterocycles. The van der Waals surface area contributed by atoms with E-state index in [2.05, 4.69) is 0 Å². The van der Waals surface area contributed by atoms with E-state index in [9.17, 15) is 17.2 Å². The maximum Gasteiger partial charge on any atom is 0.405 e. The molecule has 0 aliphatic carbocycles. The molecule has 0 amide bonds. The van der Waals surface area contributed by atoms with Gasteiger partial charge in [0.15, 0.2) is 26.6 Å². The lowest BCUT2D eigenvalue weighted by Gasteiger charge is -2.30. The van der Waals surface area contributed by atoms with E-state index in [-0.39, 0.29) is 5.75 Å². The van der Waals surface area contributed by atoms with E-state index in [0.29, 0.717) is 0 Å². The van der Waals surface area contributed by atoms with Crippen LogP contribution in [0.25, 0.3) is 0 Å². The standard InChI is InChI=1S/C29H32F2O6S2/c1-20(29(30,31)39(32,33)34)35-22-14-18-25(19-15-22)38(23-10-8-7-9-11-23)24-16-12-21(13-17-24)28(6)36-26(2,3)27(4,5)37-28/h7-20H,1-6H3/p+1. The minimum Gasteiger partial charge on any atom is -0.483 e. The molecule has 3 aromatic carbocycles. The monoisotopic (exact) mass is 579 g/mol. The van der Waals surface area contributed by atoms with E-state index in [1.165, 1.54) is 12.1 Å². The average molecular weight is 580 g/mol. The largest absolute Gasteiger partial charge is 0.483 e. The molecule has 0 saturated carbocycles. The zero-order chi connectivity index (χ0) is 28.9.